The van der Waals surface area contributed by atoms with E-state index >= 15 is 0 Å². The fourth-order valence-electron chi connectivity index (χ4n) is 2.66. The van der Waals surface area contributed by atoms with Gasteiger partial charge in [0, 0.05) is 51.9 Å². The molecule has 1 unspecified atom stereocenters. The Bertz CT molecular complexity index is 813. The molecule has 2 aromatic rings. The number of nitrogens with zero attached hydrogens (tertiary/aromatic N) is 2. The van der Waals surface area contributed by atoms with Crippen molar-refractivity contribution in [3.05, 3.63) is 70.2 Å². The van der Waals surface area contributed by atoms with Gasteiger partial charge in [-0.05, 0) is 35.4 Å². The predicted octanol–water partition coefficient (Wildman–Crippen LogP) is 3.71. The number of carbonyl (C=O) groups is 1. The van der Waals surface area contributed by atoms with Crippen LogP contribution in [0, 0.1) is 0 Å². The van der Waals surface area contributed by atoms with E-state index in [1.807, 2.05) is 48.5 Å². The first-order chi connectivity index (χ1) is 13.4. The topological polar surface area (TPSA) is 66.0 Å². The van der Waals surface area contributed by atoms with Crippen molar-refractivity contribution in [2.24, 2.45) is 4.99 Å². The molecule has 0 aliphatic carbocycles. The lowest BCUT2D eigenvalue weighted by Gasteiger charge is -2.19. The highest BCUT2D eigenvalue weighted by Gasteiger charge is 2.12. The lowest BCUT2D eigenvalue weighted by atomic mass is 10.1. The smallest absolute Gasteiger partial charge is 0.253 e. The second-order valence-electron chi connectivity index (χ2n) is 6.48. The minimum absolute atomic E-state index is 0. The number of halogens is 2. The van der Waals surface area contributed by atoms with E-state index in [-0.39, 0.29) is 36.0 Å². The summed E-state index contributed by atoms with van der Waals surface area (Å²) in [5, 5.41) is 7.20. The van der Waals surface area contributed by atoms with Gasteiger partial charge in [-0.3, -0.25) is 9.79 Å². The maximum atomic E-state index is 11.9. The molecule has 1 amide bonds. The number of methoxy groups -OCH3 is 1. The first kappa shape index (κ1) is 25.2. The maximum Gasteiger partial charge on any atom is 0.253 e. The standard InChI is InChI=1S/C21H27ClN4O2.HI/c1-23-21(25-14-19(28-4)17-6-5-7-18(22)12-17)24-13-15-8-10-16(11-9-15)20(27)26(2)3;/h5-12,19H,13-14H2,1-4H3,(H2,23,24,25);1H. The number of hydrogen-bond donors (Lipinski definition) is 2. The average Bonchev–Trinajstić information content (AvgIpc) is 2.70. The Hall–Kier alpha value is -1.84. The van der Waals surface area contributed by atoms with Crippen LogP contribution in [-0.2, 0) is 11.3 Å². The summed E-state index contributed by atoms with van der Waals surface area (Å²) in [5.74, 6) is 0.654. The molecule has 0 heterocycles. The second-order valence-corrected chi connectivity index (χ2v) is 6.92. The number of amides is 1. The van der Waals surface area contributed by atoms with Gasteiger partial charge in [-0.2, -0.15) is 0 Å². The quantitative estimate of drug-likeness (QED) is 0.325. The van der Waals surface area contributed by atoms with Gasteiger partial charge in [-0.25, -0.2) is 0 Å². The average molecular weight is 531 g/mol. The summed E-state index contributed by atoms with van der Waals surface area (Å²) in [6.07, 6.45) is -0.145. The number of hydrogen-bond acceptors (Lipinski definition) is 3. The molecule has 0 spiro atoms. The van der Waals surface area contributed by atoms with Crippen molar-refractivity contribution in [1.29, 1.82) is 0 Å². The SMILES string of the molecule is CN=C(NCc1ccc(C(=O)N(C)C)cc1)NCC(OC)c1cccc(Cl)c1.I. The lowest BCUT2D eigenvalue weighted by molar-refractivity contribution is 0.0827. The highest BCUT2D eigenvalue weighted by atomic mass is 127. The fraction of sp³-hybridized carbons (Fsp3) is 0.333. The number of ether oxygens (including phenoxy) is 1. The van der Waals surface area contributed by atoms with Gasteiger partial charge in [0.15, 0.2) is 5.96 Å². The second kappa shape index (κ2) is 12.7. The summed E-state index contributed by atoms with van der Waals surface area (Å²) in [5.41, 5.74) is 2.72. The van der Waals surface area contributed by atoms with Gasteiger partial charge in [-0.15, -0.1) is 24.0 Å². The van der Waals surface area contributed by atoms with Crippen LogP contribution in [0.1, 0.15) is 27.6 Å². The highest BCUT2D eigenvalue weighted by molar-refractivity contribution is 14.0. The molecular weight excluding hydrogens is 503 g/mol. The normalized spacial score (nSPS) is 12.0. The van der Waals surface area contributed by atoms with Crippen molar-refractivity contribution in [3.8, 4) is 0 Å². The molecule has 0 aromatic heterocycles. The predicted molar refractivity (Wildman–Crippen MR) is 129 cm³/mol. The molecule has 158 valence electrons. The Morgan fingerprint density at radius 1 is 1.17 bits per heavy atom. The molecule has 0 radical (unpaired) electrons. The summed E-state index contributed by atoms with van der Waals surface area (Å²) >= 11 is 6.07. The largest absolute Gasteiger partial charge is 0.375 e. The van der Waals surface area contributed by atoms with Crippen LogP contribution in [0.3, 0.4) is 0 Å². The Morgan fingerprint density at radius 2 is 1.86 bits per heavy atom. The number of guanidine groups is 1. The van der Waals surface area contributed by atoms with Crippen molar-refractivity contribution >= 4 is 47.4 Å². The summed E-state index contributed by atoms with van der Waals surface area (Å²) in [4.78, 5) is 17.7. The summed E-state index contributed by atoms with van der Waals surface area (Å²) < 4.78 is 5.56. The molecule has 0 aliphatic rings. The van der Waals surface area contributed by atoms with Crippen molar-refractivity contribution in [3.63, 3.8) is 0 Å². The zero-order valence-electron chi connectivity index (χ0n) is 17.1. The summed E-state index contributed by atoms with van der Waals surface area (Å²) in [6, 6.07) is 15.1. The van der Waals surface area contributed by atoms with E-state index in [9.17, 15) is 4.79 Å². The highest BCUT2D eigenvalue weighted by Crippen LogP contribution is 2.19. The van der Waals surface area contributed by atoms with E-state index in [0.717, 1.165) is 11.1 Å². The van der Waals surface area contributed by atoms with E-state index in [0.29, 0.717) is 29.6 Å². The molecular formula is C21H28ClIN4O2. The van der Waals surface area contributed by atoms with Gasteiger partial charge in [0.2, 0.25) is 0 Å². The van der Waals surface area contributed by atoms with Crippen LogP contribution in [0.5, 0.6) is 0 Å². The number of carbonyl (C=O) groups excluding carboxylic acids is 1. The molecule has 1 atom stereocenters. The van der Waals surface area contributed by atoms with Crippen molar-refractivity contribution in [2.75, 3.05) is 34.8 Å². The first-order valence-corrected chi connectivity index (χ1v) is 9.35. The zero-order valence-corrected chi connectivity index (χ0v) is 20.2. The van der Waals surface area contributed by atoms with E-state index in [2.05, 4.69) is 15.6 Å². The van der Waals surface area contributed by atoms with E-state index in [4.69, 9.17) is 16.3 Å². The van der Waals surface area contributed by atoms with Gasteiger partial charge >= 0.3 is 0 Å². The van der Waals surface area contributed by atoms with E-state index in [1.54, 1.807) is 33.2 Å². The lowest BCUT2D eigenvalue weighted by Crippen LogP contribution is -2.39. The molecule has 29 heavy (non-hydrogen) atoms. The third-order valence-corrected chi connectivity index (χ3v) is 4.49. The fourth-order valence-corrected chi connectivity index (χ4v) is 2.86. The van der Waals surface area contributed by atoms with Crippen LogP contribution >= 0.6 is 35.6 Å². The van der Waals surface area contributed by atoms with Crippen LogP contribution in [0.4, 0.5) is 0 Å². The summed E-state index contributed by atoms with van der Waals surface area (Å²) in [7, 11) is 6.86. The maximum absolute atomic E-state index is 11.9. The molecule has 2 N–H and O–H groups in total. The van der Waals surface area contributed by atoms with Crippen molar-refractivity contribution < 1.29 is 9.53 Å². The Kier molecular flexibility index (Phi) is 11.0. The van der Waals surface area contributed by atoms with Crippen molar-refractivity contribution in [1.82, 2.24) is 15.5 Å². The zero-order chi connectivity index (χ0) is 20.5. The van der Waals surface area contributed by atoms with Crippen molar-refractivity contribution in [2.45, 2.75) is 12.6 Å². The van der Waals surface area contributed by atoms with Crippen LogP contribution in [-0.4, -0.2) is 51.6 Å². The monoisotopic (exact) mass is 530 g/mol. The molecule has 0 saturated carbocycles. The summed E-state index contributed by atoms with van der Waals surface area (Å²) in [6.45, 7) is 1.14. The molecule has 0 fully saturated rings. The molecule has 8 heteroatoms. The number of aliphatic imine (C=N–C) groups is 1. The van der Waals surface area contributed by atoms with Crippen LogP contribution in [0.2, 0.25) is 5.02 Å². The molecule has 0 saturated heterocycles. The Balaban J connectivity index is 0.00000420. The minimum atomic E-state index is -0.145. The minimum Gasteiger partial charge on any atom is -0.375 e. The molecule has 2 aromatic carbocycles. The Morgan fingerprint density at radius 3 is 2.41 bits per heavy atom. The number of benzene rings is 2. The van der Waals surface area contributed by atoms with Gasteiger partial charge in [0.1, 0.15) is 0 Å². The Labute approximate surface area is 194 Å². The van der Waals surface area contributed by atoms with Gasteiger partial charge in [0.25, 0.3) is 5.91 Å². The molecule has 2 rings (SSSR count). The van der Waals surface area contributed by atoms with E-state index in [1.165, 1.54) is 0 Å². The third kappa shape index (κ3) is 7.83. The van der Waals surface area contributed by atoms with Gasteiger partial charge in [-0.1, -0.05) is 35.9 Å². The van der Waals surface area contributed by atoms with E-state index < -0.39 is 0 Å². The first-order valence-electron chi connectivity index (χ1n) is 8.98. The molecule has 6 nitrogen and oxygen atoms in total. The van der Waals surface area contributed by atoms with Crippen LogP contribution < -0.4 is 10.6 Å². The third-order valence-electron chi connectivity index (χ3n) is 4.25. The van der Waals surface area contributed by atoms with Crippen LogP contribution in [0.25, 0.3) is 0 Å². The van der Waals surface area contributed by atoms with Crippen LogP contribution in [0.15, 0.2) is 53.5 Å². The molecule has 0 bridgehead atoms. The van der Waals surface area contributed by atoms with Gasteiger partial charge in [0.05, 0.1) is 6.10 Å². The number of nitrogens with one attached hydrogen (secondary N) is 2. The molecule has 0 aliphatic heterocycles. The van der Waals surface area contributed by atoms with Gasteiger partial charge < -0.3 is 20.3 Å². The number of rotatable bonds is 7.